The van der Waals surface area contributed by atoms with E-state index in [0.717, 1.165) is 44.7 Å². The molecule has 1 aromatic heterocycles. The first-order valence-electron chi connectivity index (χ1n) is 11.0. The Balaban J connectivity index is 1.66. The summed E-state index contributed by atoms with van der Waals surface area (Å²) in [4.78, 5) is 29.6. The van der Waals surface area contributed by atoms with Crippen molar-refractivity contribution in [2.75, 3.05) is 53.4 Å². The monoisotopic (exact) mass is 443 g/mol. The third-order valence-corrected chi connectivity index (χ3v) is 5.87. The average Bonchev–Trinajstić information content (AvgIpc) is 2.79. The fraction of sp³-hybridized carbons (Fsp3) is 0.500. The summed E-state index contributed by atoms with van der Waals surface area (Å²) >= 11 is 0. The Kier molecular flexibility index (Phi) is 8.30. The molecule has 0 bridgehead atoms. The zero-order chi connectivity index (χ0) is 23.1. The Labute approximate surface area is 188 Å². The molecule has 1 aromatic carbocycles. The van der Waals surface area contributed by atoms with Gasteiger partial charge in [0.1, 0.15) is 11.5 Å². The van der Waals surface area contributed by atoms with Crippen molar-refractivity contribution in [1.82, 2.24) is 15.1 Å². The Morgan fingerprint density at radius 1 is 1.22 bits per heavy atom. The maximum atomic E-state index is 12.7. The van der Waals surface area contributed by atoms with E-state index < -0.39 is 17.1 Å². The molecular weight excluding hydrogens is 410 g/mol. The SMILES string of the molecule is COc1ccc(C(CC(=O)NCCCN2CCN(C)CC2)c2oc(C)cc(=O)c2O)cc1. The highest BCUT2D eigenvalue weighted by Crippen LogP contribution is 2.33. The van der Waals surface area contributed by atoms with Gasteiger partial charge < -0.3 is 29.4 Å². The zero-order valence-electron chi connectivity index (χ0n) is 19.1. The van der Waals surface area contributed by atoms with Crippen molar-refractivity contribution in [1.29, 1.82) is 0 Å². The summed E-state index contributed by atoms with van der Waals surface area (Å²) in [6, 6.07) is 8.42. The van der Waals surface area contributed by atoms with E-state index in [-0.39, 0.29) is 18.1 Å². The maximum absolute atomic E-state index is 12.7. The molecule has 1 unspecified atom stereocenters. The van der Waals surface area contributed by atoms with Crippen LogP contribution in [0.25, 0.3) is 0 Å². The van der Waals surface area contributed by atoms with Crippen LogP contribution in [0.5, 0.6) is 11.5 Å². The number of rotatable bonds is 9. The molecule has 1 amide bonds. The number of carbonyl (C=O) groups excluding carboxylic acids is 1. The van der Waals surface area contributed by atoms with Crippen LogP contribution in [-0.2, 0) is 4.79 Å². The van der Waals surface area contributed by atoms with Crippen molar-refractivity contribution >= 4 is 5.91 Å². The number of aromatic hydroxyl groups is 1. The molecule has 2 heterocycles. The van der Waals surface area contributed by atoms with Crippen LogP contribution in [0.4, 0.5) is 0 Å². The zero-order valence-corrected chi connectivity index (χ0v) is 19.1. The van der Waals surface area contributed by atoms with E-state index in [4.69, 9.17) is 9.15 Å². The number of piperazine rings is 1. The smallest absolute Gasteiger partial charge is 0.227 e. The molecule has 8 nitrogen and oxygen atoms in total. The Morgan fingerprint density at radius 2 is 1.91 bits per heavy atom. The minimum absolute atomic E-state index is 0.0563. The minimum atomic E-state index is -0.592. The van der Waals surface area contributed by atoms with Gasteiger partial charge in [0.25, 0.3) is 0 Å². The van der Waals surface area contributed by atoms with E-state index in [1.165, 1.54) is 6.07 Å². The topological polar surface area (TPSA) is 95.3 Å². The van der Waals surface area contributed by atoms with Crippen LogP contribution in [0, 0.1) is 6.92 Å². The van der Waals surface area contributed by atoms with Gasteiger partial charge in [-0.3, -0.25) is 9.59 Å². The summed E-state index contributed by atoms with van der Waals surface area (Å²) in [5.41, 5.74) is 0.234. The second-order valence-corrected chi connectivity index (χ2v) is 8.31. The lowest BCUT2D eigenvalue weighted by atomic mass is 9.91. The Bertz CT molecular complexity index is 949. The lowest BCUT2D eigenvalue weighted by molar-refractivity contribution is -0.121. The van der Waals surface area contributed by atoms with Gasteiger partial charge in [-0.2, -0.15) is 0 Å². The molecule has 0 aliphatic carbocycles. The molecule has 0 spiro atoms. The Hall–Kier alpha value is -2.84. The van der Waals surface area contributed by atoms with Gasteiger partial charge in [-0.25, -0.2) is 0 Å². The fourth-order valence-corrected chi connectivity index (χ4v) is 3.92. The minimum Gasteiger partial charge on any atom is -0.502 e. The van der Waals surface area contributed by atoms with E-state index >= 15 is 0 Å². The molecule has 32 heavy (non-hydrogen) atoms. The highest BCUT2D eigenvalue weighted by molar-refractivity contribution is 5.77. The van der Waals surface area contributed by atoms with Crippen LogP contribution in [0.2, 0.25) is 0 Å². The van der Waals surface area contributed by atoms with Gasteiger partial charge in [-0.15, -0.1) is 0 Å². The maximum Gasteiger partial charge on any atom is 0.227 e. The molecule has 1 aliphatic heterocycles. The molecule has 1 fully saturated rings. The number of hydrogen-bond donors (Lipinski definition) is 2. The summed E-state index contributed by atoms with van der Waals surface area (Å²) in [5.74, 6) is -0.0457. The molecule has 8 heteroatoms. The molecule has 0 radical (unpaired) electrons. The molecule has 3 rings (SSSR count). The second-order valence-electron chi connectivity index (χ2n) is 8.31. The first kappa shape index (κ1) is 23.8. The van der Waals surface area contributed by atoms with Gasteiger partial charge in [0.05, 0.1) is 13.0 Å². The molecule has 1 atom stereocenters. The number of hydrogen-bond acceptors (Lipinski definition) is 7. The van der Waals surface area contributed by atoms with E-state index in [9.17, 15) is 14.7 Å². The van der Waals surface area contributed by atoms with Crippen LogP contribution in [-0.4, -0.2) is 74.2 Å². The number of methoxy groups -OCH3 is 1. The molecule has 1 aliphatic rings. The lowest BCUT2D eigenvalue weighted by Crippen LogP contribution is -2.45. The van der Waals surface area contributed by atoms with Crippen molar-refractivity contribution in [2.45, 2.75) is 25.7 Å². The number of likely N-dealkylation sites (N-methyl/N-ethyl adjacent to an activating group) is 1. The van der Waals surface area contributed by atoms with E-state index in [2.05, 4.69) is 22.2 Å². The number of nitrogens with zero attached hydrogens (tertiary/aromatic N) is 2. The van der Waals surface area contributed by atoms with Crippen LogP contribution >= 0.6 is 0 Å². The summed E-state index contributed by atoms with van der Waals surface area (Å²) in [6.07, 6.45) is 0.925. The molecule has 174 valence electrons. The number of ether oxygens (including phenoxy) is 1. The summed E-state index contributed by atoms with van der Waals surface area (Å²) in [7, 11) is 3.71. The predicted octanol–water partition coefficient (Wildman–Crippen LogP) is 1.94. The molecule has 1 saturated heterocycles. The number of carbonyl (C=O) groups is 1. The number of benzene rings is 1. The van der Waals surface area contributed by atoms with Crippen LogP contribution < -0.4 is 15.5 Å². The van der Waals surface area contributed by atoms with Crippen molar-refractivity contribution in [3.8, 4) is 11.5 Å². The average molecular weight is 444 g/mol. The normalized spacial score (nSPS) is 16.0. The first-order valence-corrected chi connectivity index (χ1v) is 11.0. The van der Waals surface area contributed by atoms with Gasteiger partial charge >= 0.3 is 0 Å². The fourth-order valence-electron chi connectivity index (χ4n) is 3.92. The molecular formula is C24H33N3O5. The van der Waals surface area contributed by atoms with Crippen LogP contribution in [0.15, 0.2) is 39.5 Å². The van der Waals surface area contributed by atoms with E-state index in [0.29, 0.717) is 18.1 Å². The Morgan fingerprint density at radius 3 is 2.56 bits per heavy atom. The van der Waals surface area contributed by atoms with E-state index in [1.54, 1.807) is 26.2 Å². The van der Waals surface area contributed by atoms with Crippen molar-refractivity contribution < 1.29 is 19.1 Å². The number of amides is 1. The van der Waals surface area contributed by atoms with Crippen molar-refractivity contribution in [2.24, 2.45) is 0 Å². The van der Waals surface area contributed by atoms with Crippen molar-refractivity contribution in [3.05, 3.63) is 57.6 Å². The quantitative estimate of drug-likeness (QED) is 0.572. The summed E-state index contributed by atoms with van der Waals surface area (Å²) < 4.78 is 10.9. The van der Waals surface area contributed by atoms with Gasteiger partial charge in [0.2, 0.25) is 17.1 Å². The summed E-state index contributed by atoms with van der Waals surface area (Å²) in [5, 5.41) is 13.3. The second kappa shape index (κ2) is 11.2. The summed E-state index contributed by atoms with van der Waals surface area (Å²) in [6.45, 7) is 7.41. The van der Waals surface area contributed by atoms with Gasteiger partial charge in [0, 0.05) is 45.2 Å². The predicted molar refractivity (Wildman–Crippen MR) is 122 cm³/mol. The van der Waals surface area contributed by atoms with E-state index in [1.807, 2.05) is 12.1 Å². The third-order valence-electron chi connectivity index (χ3n) is 5.87. The number of aryl methyl sites for hydroxylation is 1. The highest BCUT2D eigenvalue weighted by atomic mass is 16.5. The third kappa shape index (κ3) is 6.34. The lowest BCUT2D eigenvalue weighted by Gasteiger charge is -2.32. The van der Waals surface area contributed by atoms with Crippen molar-refractivity contribution in [3.63, 3.8) is 0 Å². The van der Waals surface area contributed by atoms with Gasteiger partial charge in [-0.05, 0) is 44.6 Å². The molecule has 2 aromatic rings. The highest BCUT2D eigenvalue weighted by Gasteiger charge is 2.26. The molecule has 0 saturated carbocycles. The number of nitrogens with one attached hydrogen (secondary N) is 1. The van der Waals surface area contributed by atoms with Crippen LogP contribution in [0.1, 0.15) is 35.8 Å². The van der Waals surface area contributed by atoms with Crippen LogP contribution in [0.3, 0.4) is 0 Å². The standard InChI is InChI=1S/C24H33N3O5/c1-17-15-21(28)23(30)24(32-17)20(18-5-7-19(31-3)8-6-18)16-22(29)25-9-4-10-27-13-11-26(2)12-14-27/h5-8,15,20,30H,4,9-14,16H2,1-3H3,(H,25,29). The van der Waals surface area contributed by atoms with Gasteiger partial charge in [-0.1, -0.05) is 12.1 Å². The van der Waals surface area contributed by atoms with Gasteiger partial charge in [0.15, 0.2) is 5.76 Å². The first-order chi connectivity index (χ1) is 15.4. The molecule has 2 N–H and O–H groups in total. The largest absolute Gasteiger partial charge is 0.502 e.